The van der Waals surface area contributed by atoms with Crippen LogP contribution in [0.1, 0.15) is 63.3 Å². The maximum absolute atomic E-state index is 8.91. The number of anilines is 1. The Morgan fingerprint density at radius 3 is 2.27 bits per heavy atom. The van der Waals surface area contributed by atoms with E-state index in [4.69, 9.17) is 5.26 Å². The molecule has 0 amide bonds. The molecule has 0 spiro atoms. The summed E-state index contributed by atoms with van der Waals surface area (Å²) in [5, 5.41) is 8.91. The van der Waals surface area contributed by atoms with E-state index in [1.807, 2.05) is 24.3 Å². The molecule has 138 valence electrons. The van der Waals surface area contributed by atoms with Gasteiger partial charge in [-0.15, -0.1) is 0 Å². The summed E-state index contributed by atoms with van der Waals surface area (Å²) in [6.45, 7) is 14.3. The van der Waals surface area contributed by atoms with Crippen LogP contribution in [0.4, 0.5) is 5.69 Å². The number of rotatable bonds is 2. The molecule has 0 saturated carbocycles. The van der Waals surface area contributed by atoms with Gasteiger partial charge in [-0.25, -0.2) is 0 Å². The Bertz CT molecular complexity index is 780. The van der Waals surface area contributed by atoms with Gasteiger partial charge in [-0.3, -0.25) is 0 Å². The van der Waals surface area contributed by atoms with Gasteiger partial charge in [0.2, 0.25) is 0 Å². The first kappa shape index (κ1) is 20.4. The van der Waals surface area contributed by atoms with Crippen LogP contribution < -0.4 is 4.31 Å². The monoisotopic (exact) mass is 366 g/mol. The highest BCUT2D eigenvalue weighted by Gasteiger charge is 2.25. The largest absolute Gasteiger partial charge is 0.312 e. The fourth-order valence-electron chi connectivity index (χ4n) is 3.15. The molecule has 1 heterocycles. The van der Waals surface area contributed by atoms with Gasteiger partial charge in [-0.1, -0.05) is 47.1 Å². The molecule has 0 radical (unpaired) electrons. The summed E-state index contributed by atoms with van der Waals surface area (Å²) >= 11 is 1.76. The predicted molar refractivity (Wildman–Crippen MR) is 114 cm³/mol. The third-order valence-corrected chi connectivity index (χ3v) is 5.37. The van der Waals surface area contributed by atoms with Gasteiger partial charge in [0.25, 0.3) is 0 Å². The van der Waals surface area contributed by atoms with Crippen LogP contribution in [0.3, 0.4) is 0 Å². The minimum Gasteiger partial charge on any atom is -0.312 e. The van der Waals surface area contributed by atoms with Crippen molar-refractivity contribution in [3.05, 3.63) is 58.7 Å². The van der Waals surface area contributed by atoms with E-state index < -0.39 is 0 Å². The fourth-order valence-corrected chi connectivity index (χ4v) is 4.11. The van der Waals surface area contributed by atoms with Gasteiger partial charge < -0.3 is 4.31 Å². The molecule has 0 bridgehead atoms. The normalized spacial score (nSPS) is 12.9. The highest BCUT2D eigenvalue weighted by Crippen LogP contribution is 2.40. The molecule has 3 rings (SSSR count). The van der Waals surface area contributed by atoms with Crippen LogP contribution in [-0.4, -0.2) is 6.54 Å². The Labute approximate surface area is 163 Å². The highest BCUT2D eigenvalue weighted by molar-refractivity contribution is 8.00. The van der Waals surface area contributed by atoms with Crippen LogP contribution in [0.5, 0.6) is 0 Å². The van der Waals surface area contributed by atoms with E-state index in [1.54, 1.807) is 11.9 Å². The number of hydrogen-bond acceptors (Lipinski definition) is 3. The summed E-state index contributed by atoms with van der Waals surface area (Å²) < 4.78 is 2.38. The summed E-state index contributed by atoms with van der Waals surface area (Å²) in [5.41, 5.74) is 6.46. The first-order valence-electron chi connectivity index (χ1n) is 9.39. The lowest BCUT2D eigenvalue weighted by Crippen LogP contribution is -2.15. The zero-order valence-electron chi connectivity index (χ0n) is 16.9. The first-order chi connectivity index (χ1) is 12.3. The van der Waals surface area contributed by atoms with E-state index in [9.17, 15) is 0 Å². The molecule has 26 heavy (non-hydrogen) atoms. The van der Waals surface area contributed by atoms with Gasteiger partial charge >= 0.3 is 0 Å². The van der Waals surface area contributed by atoms with Crippen LogP contribution in [0.2, 0.25) is 0 Å². The number of fused-ring (bicyclic) bond motifs is 1. The van der Waals surface area contributed by atoms with E-state index in [0.29, 0.717) is 5.56 Å². The molecule has 0 fully saturated rings. The van der Waals surface area contributed by atoms with E-state index in [2.05, 4.69) is 64.0 Å². The molecular weight excluding hydrogens is 336 g/mol. The van der Waals surface area contributed by atoms with Gasteiger partial charge in [0, 0.05) is 11.4 Å². The second-order valence-electron chi connectivity index (χ2n) is 7.83. The van der Waals surface area contributed by atoms with Crippen molar-refractivity contribution in [2.75, 3.05) is 10.8 Å². The van der Waals surface area contributed by atoms with Crippen LogP contribution in [0.15, 0.2) is 41.3 Å². The smallest absolute Gasteiger partial charge is 0.0991 e. The summed E-state index contributed by atoms with van der Waals surface area (Å²) in [6, 6.07) is 14.7. The summed E-state index contributed by atoms with van der Waals surface area (Å²) in [6.07, 6.45) is 2.35. The molecular formula is C23H30N2S. The number of aryl methyl sites for hydroxylation is 1. The van der Waals surface area contributed by atoms with Crippen molar-refractivity contribution in [1.82, 2.24) is 0 Å². The van der Waals surface area contributed by atoms with Crippen molar-refractivity contribution in [3.8, 4) is 6.07 Å². The molecule has 1 aliphatic heterocycles. The Balaban J connectivity index is 0.000000758. The summed E-state index contributed by atoms with van der Waals surface area (Å²) in [5.74, 6) is 0. The fraction of sp³-hybridized carbons (Fsp3) is 0.435. The molecule has 0 aliphatic carbocycles. The second kappa shape index (κ2) is 8.64. The zero-order valence-corrected chi connectivity index (χ0v) is 17.7. The van der Waals surface area contributed by atoms with E-state index in [-0.39, 0.29) is 5.41 Å². The predicted octanol–water partition coefficient (Wildman–Crippen LogP) is 6.65. The van der Waals surface area contributed by atoms with Crippen molar-refractivity contribution >= 4 is 17.6 Å². The number of nitrogens with zero attached hydrogens (tertiary/aromatic N) is 2. The molecule has 2 aromatic rings. The Hall–Kier alpha value is -1.92. The lowest BCUT2D eigenvalue weighted by molar-refractivity contribution is 0.586. The minimum atomic E-state index is 0.159. The molecule has 0 aromatic heterocycles. The molecule has 0 N–H and O–H groups in total. The Morgan fingerprint density at radius 1 is 1.12 bits per heavy atom. The van der Waals surface area contributed by atoms with Gasteiger partial charge in [0.15, 0.2) is 0 Å². The van der Waals surface area contributed by atoms with Crippen LogP contribution in [0, 0.1) is 18.3 Å². The topological polar surface area (TPSA) is 27.0 Å². The van der Waals surface area contributed by atoms with Crippen molar-refractivity contribution in [3.63, 3.8) is 0 Å². The van der Waals surface area contributed by atoms with Gasteiger partial charge in [-0.05, 0) is 77.7 Å². The molecule has 2 nitrogen and oxygen atoms in total. The quantitative estimate of drug-likeness (QED) is 0.557. The van der Waals surface area contributed by atoms with E-state index >= 15 is 0 Å². The number of benzene rings is 2. The summed E-state index contributed by atoms with van der Waals surface area (Å²) in [7, 11) is 0. The third-order valence-electron chi connectivity index (χ3n) is 4.29. The van der Waals surface area contributed by atoms with Crippen LogP contribution in [-0.2, 0) is 11.8 Å². The van der Waals surface area contributed by atoms with Crippen molar-refractivity contribution in [1.29, 1.82) is 5.26 Å². The van der Waals surface area contributed by atoms with Gasteiger partial charge in [-0.2, -0.15) is 5.26 Å². The molecule has 3 heteroatoms. The first-order valence-corrected chi connectivity index (χ1v) is 10.2. The van der Waals surface area contributed by atoms with Crippen molar-refractivity contribution < 1.29 is 0 Å². The second-order valence-corrected chi connectivity index (χ2v) is 8.93. The molecule has 0 atom stereocenters. The standard InChI is InChI=1S/C20H22N2S.C3H8/c1-14-11-16-9-10-22(19(16)12-18(14)20(2,3)4)23-17-7-5-15(13-21)6-8-17;1-3-2/h5-8,11-12H,9-10H2,1-4H3;3H2,1-2H3. The minimum absolute atomic E-state index is 0.159. The van der Waals surface area contributed by atoms with Gasteiger partial charge in [0.05, 0.1) is 17.3 Å². The van der Waals surface area contributed by atoms with Gasteiger partial charge in [0.1, 0.15) is 0 Å². The SMILES string of the molecule is CCC.Cc1cc2c(cc1C(C)(C)C)N(Sc1ccc(C#N)cc1)CC2. The molecule has 2 aromatic carbocycles. The average molecular weight is 367 g/mol. The lowest BCUT2D eigenvalue weighted by atomic mass is 9.83. The van der Waals surface area contributed by atoms with Crippen LogP contribution >= 0.6 is 11.9 Å². The van der Waals surface area contributed by atoms with E-state index in [0.717, 1.165) is 13.0 Å². The van der Waals surface area contributed by atoms with E-state index in [1.165, 1.54) is 33.7 Å². The number of nitriles is 1. The maximum atomic E-state index is 8.91. The van der Waals surface area contributed by atoms with Crippen molar-refractivity contribution in [2.45, 2.75) is 64.7 Å². The van der Waals surface area contributed by atoms with Crippen LogP contribution in [0.25, 0.3) is 0 Å². The average Bonchev–Trinajstić information content (AvgIpc) is 2.96. The van der Waals surface area contributed by atoms with Crippen molar-refractivity contribution in [2.24, 2.45) is 0 Å². The molecule has 1 aliphatic rings. The molecule has 0 unspecified atom stereocenters. The Morgan fingerprint density at radius 2 is 1.73 bits per heavy atom. The summed E-state index contributed by atoms with van der Waals surface area (Å²) in [4.78, 5) is 1.18. The maximum Gasteiger partial charge on any atom is 0.0991 e. The number of hydrogen-bond donors (Lipinski definition) is 0. The third kappa shape index (κ3) is 4.83. The zero-order chi connectivity index (χ0) is 19.3. The Kier molecular flexibility index (Phi) is 6.78. The molecule has 0 saturated heterocycles. The lowest BCUT2D eigenvalue weighted by Gasteiger charge is -2.25. The highest BCUT2D eigenvalue weighted by atomic mass is 32.2.